The van der Waals surface area contributed by atoms with Crippen molar-refractivity contribution < 1.29 is 17.6 Å². The fraction of sp³-hybridized carbons (Fsp3) is 0.478. The number of aromatic nitrogens is 1. The zero-order valence-corrected chi connectivity index (χ0v) is 18.9. The quantitative estimate of drug-likeness (QED) is 0.740. The monoisotopic (exact) mass is 445 g/mol. The molecule has 0 radical (unpaired) electrons. The van der Waals surface area contributed by atoms with Gasteiger partial charge in [0.25, 0.3) is 0 Å². The summed E-state index contributed by atoms with van der Waals surface area (Å²) in [6.45, 7) is 6.73. The van der Waals surface area contributed by atoms with Gasteiger partial charge in [0.1, 0.15) is 11.1 Å². The molecular formula is C23H28FN3O3S. The molecule has 1 aromatic heterocycles. The van der Waals surface area contributed by atoms with Crippen molar-refractivity contribution in [2.75, 3.05) is 13.1 Å². The van der Waals surface area contributed by atoms with E-state index in [1.54, 1.807) is 12.3 Å². The summed E-state index contributed by atoms with van der Waals surface area (Å²) in [7, 11) is -3.74. The topological polar surface area (TPSA) is 79.4 Å². The van der Waals surface area contributed by atoms with Crippen molar-refractivity contribution in [2.45, 2.75) is 57.7 Å². The normalized spacial score (nSPS) is 16.9. The molecule has 1 aliphatic heterocycles. The second-order valence-corrected chi connectivity index (χ2v) is 10.8. The van der Waals surface area contributed by atoms with E-state index in [9.17, 15) is 17.6 Å². The molecule has 4 rings (SSSR count). The van der Waals surface area contributed by atoms with Crippen LogP contribution in [0.1, 0.15) is 42.7 Å². The van der Waals surface area contributed by atoms with Crippen molar-refractivity contribution in [3.05, 3.63) is 52.6 Å². The summed E-state index contributed by atoms with van der Waals surface area (Å²) < 4.78 is 42.3. The Kier molecular flexibility index (Phi) is 5.87. The van der Waals surface area contributed by atoms with Crippen LogP contribution in [0.2, 0.25) is 0 Å². The third kappa shape index (κ3) is 4.36. The van der Waals surface area contributed by atoms with Gasteiger partial charge in [-0.3, -0.25) is 19.4 Å². The lowest BCUT2D eigenvalue weighted by Crippen LogP contribution is -2.60. The highest BCUT2D eigenvalue weighted by molar-refractivity contribution is 7.90. The Morgan fingerprint density at radius 3 is 2.65 bits per heavy atom. The largest absolute Gasteiger partial charge is 0.298 e. The number of carbonyl (C=O) groups is 1. The van der Waals surface area contributed by atoms with Crippen molar-refractivity contribution in [2.24, 2.45) is 0 Å². The second kappa shape index (κ2) is 8.31. The first-order valence-corrected chi connectivity index (χ1v) is 12.2. The first-order chi connectivity index (χ1) is 14.7. The minimum absolute atomic E-state index is 0.0981. The second-order valence-electron chi connectivity index (χ2n) is 8.80. The number of rotatable bonds is 6. The lowest BCUT2D eigenvalue weighted by Gasteiger charge is -2.41. The molecule has 2 heterocycles. The third-order valence-electron chi connectivity index (χ3n) is 6.31. The zero-order valence-electron chi connectivity index (χ0n) is 18.1. The molecule has 2 aromatic rings. The van der Waals surface area contributed by atoms with Crippen molar-refractivity contribution in [1.82, 2.24) is 14.6 Å². The van der Waals surface area contributed by atoms with Gasteiger partial charge >= 0.3 is 0 Å². The van der Waals surface area contributed by atoms with Crippen LogP contribution in [0.4, 0.5) is 4.39 Å². The molecule has 0 unspecified atom stereocenters. The fourth-order valence-corrected chi connectivity index (χ4v) is 5.83. The minimum atomic E-state index is -3.74. The molecule has 1 aliphatic carbocycles. The van der Waals surface area contributed by atoms with Crippen LogP contribution in [-0.4, -0.2) is 48.6 Å². The van der Waals surface area contributed by atoms with E-state index >= 15 is 0 Å². The van der Waals surface area contributed by atoms with E-state index in [1.165, 1.54) is 6.07 Å². The predicted octanol–water partition coefficient (Wildman–Crippen LogP) is 2.77. The molecule has 8 heteroatoms. The number of likely N-dealkylation sites (tertiary alicyclic amines) is 1. The number of hydrogen-bond donors (Lipinski definition) is 1. The van der Waals surface area contributed by atoms with Gasteiger partial charge in [-0.25, -0.2) is 12.8 Å². The molecule has 31 heavy (non-hydrogen) atoms. The Balaban J connectivity index is 1.61. The number of hydrogen-bond acceptors (Lipinski definition) is 5. The lowest BCUT2D eigenvalue weighted by molar-refractivity contribution is -0.118. The number of halogens is 1. The van der Waals surface area contributed by atoms with Crippen LogP contribution >= 0.6 is 0 Å². The van der Waals surface area contributed by atoms with E-state index in [-0.39, 0.29) is 18.3 Å². The van der Waals surface area contributed by atoms with E-state index in [4.69, 9.17) is 0 Å². The van der Waals surface area contributed by atoms with Crippen LogP contribution < -0.4 is 4.72 Å². The number of benzene rings is 1. The third-order valence-corrected chi connectivity index (χ3v) is 8.00. The molecule has 166 valence electrons. The maximum Gasteiger partial charge on any atom is 0.240 e. The van der Waals surface area contributed by atoms with Crippen LogP contribution in [0.3, 0.4) is 0 Å². The van der Waals surface area contributed by atoms with Gasteiger partial charge in [0.05, 0.1) is 6.42 Å². The number of amides is 1. The highest BCUT2D eigenvalue weighted by Gasteiger charge is 2.39. The van der Waals surface area contributed by atoms with Gasteiger partial charge in [0.15, 0.2) is 0 Å². The molecular weight excluding hydrogens is 417 g/mol. The highest BCUT2D eigenvalue weighted by atomic mass is 32.2. The standard InChI is InChI=1S/C23H28FN3O3S/c1-14(2)27-12-17(13-27)31(29,30)26-23(28)11-21-18-5-4-6-19(18)22(24)10-20(21)16-7-8-25-15(3)9-16/h7-10,14,17H,4-6,11-13H2,1-3H3,(H,26,28). The predicted molar refractivity (Wildman–Crippen MR) is 118 cm³/mol. The summed E-state index contributed by atoms with van der Waals surface area (Å²) in [5.41, 5.74) is 4.39. The molecule has 1 aromatic carbocycles. The Morgan fingerprint density at radius 2 is 1.97 bits per heavy atom. The maximum absolute atomic E-state index is 14.8. The average molecular weight is 446 g/mol. The summed E-state index contributed by atoms with van der Waals surface area (Å²) in [6, 6.07) is 5.39. The molecule has 2 aliphatic rings. The van der Waals surface area contributed by atoms with E-state index in [2.05, 4.69) is 9.71 Å². The molecule has 0 spiro atoms. The van der Waals surface area contributed by atoms with Crippen molar-refractivity contribution in [3.8, 4) is 11.1 Å². The van der Waals surface area contributed by atoms with Crippen molar-refractivity contribution in [1.29, 1.82) is 0 Å². The van der Waals surface area contributed by atoms with Crippen LogP contribution in [0.5, 0.6) is 0 Å². The number of carbonyl (C=O) groups excluding carboxylic acids is 1. The van der Waals surface area contributed by atoms with Crippen LogP contribution in [0.25, 0.3) is 11.1 Å². The summed E-state index contributed by atoms with van der Waals surface area (Å²) in [5, 5.41) is -0.583. The number of fused-ring (bicyclic) bond motifs is 1. The lowest BCUT2D eigenvalue weighted by atomic mass is 9.90. The summed E-state index contributed by atoms with van der Waals surface area (Å²) in [5.74, 6) is -0.840. The van der Waals surface area contributed by atoms with Gasteiger partial charge in [-0.05, 0) is 86.1 Å². The molecule has 1 N–H and O–H groups in total. The Hall–Kier alpha value is -2.32. The number of pyridine rings is 1. The van der Waals surface area contributed by atoms with Crippen LogP contribution in [0.15, 0.2) is 24.4 Å². The Labute approximate surface area is 182 Å². The molecule has 1 amide bonds. The minimum Gasteiger partial charge on any atom is -0.298 e. The number of nitrogens with zero attached hydrogens (tertiary/aromatic N) is 2. The van der Waals surface area contributed by atoms with Crippen molar-refractivity contribution in [3.63, 3.8) is 0 Å². The van der Waals surface area contributed by atoms with Gasteiger partial charge in [-0.1, -0.05) is 0 Å². The average Bonchev–Trinajstić information content (AvgIpc) is 3.12. The Bertz CT molecular complexity index is 1130. The molecule has 1 fully saturated rings. The highest BCUT2D eigenvalue weighted by Crippen LogP contribution is 2.36. The Morgan fingerprint density at radius 1 is 1.26 bits per heavy atom. The molecule has 0 saturated carbocycles. The molecule has 0 atom stereocenters. The summed E-state index contributed by atoms with van der Waals surface area (Å²) >= 11 is 0. The van der Waals surface area contributed by atoms with Gasteiger partial charge in [0, 0.05) is 31.0 Å². The first kappa shape index (κ1) is 21.9. The SMILES string of the molecule is Cc1cc(-c2cc(F)c3c(c2CC(=O)NS(=O)(=O)C2CN(C(C)C)C2)CCC3)ccn1. The zero-order chi connectivity index (χ0) is 22.3. The number of sulfonamides is 1. The molecule has 6 nitrogen and oxygen atoms in total. The molecule has 1 saturated heterocycles. The summed E-state index contributed by atoms with van der Waals surface area (Å²) in [6.07, 6.45) is 3.70. The smallest absolute Gasteiger partial charge is 0.240 e. The van der Waals surface area contributed by atoms with Gasteiger partial charge < -0.3 is 0 Å². The van der Waals surface area contributed by atoms with Gasteiger partial charge in [-0.2, -0.15) is 0 Å². The van der Waals surface area contributed by atoms with Crippen LogP contribution in [-0.2, 0) is 34.1 Å². The van der Waals surface area contributed by atoms with E-state index < -0.39 is 21.2 Å². The maximum atomic E-state index is 14.8. The van der Waals surface area contributed by atoms with E-state index in [1.807, 2.05) is 31.7 Å². The number of nitrogens with one attached hydrogen (secondary N) is 1. The summed E-state index contributed by atoms with van der Waals surface area (Å²) in [4.78, 5) is 19.1. The van der Waals surface area contributed by atoms with E-state index in [0.29, 0.717) is 42.6 Å². The molecule has 0 bridgehead atoms. The number of aryl methyl sites for hydroxylation is 1. The van der Waals surface area contributed by atoms with Gasteiger partial charge in [-0.15, -0.1) is 0 Å². The first-order valence-electron chi connectivity index (χ1n) is 10.7. The van der Waals surface area contributed by atoms with E-state index in [0.717, 1.165) is 23.2 Å². The fourth-order valence-electron chi connectivity index (χ4n) is 4.50. The van der Waals surface area contributed by atoms with Gasteiger partial charge in [0.2, 0.25) is 15.9 Å². The van der Waals surface area contributed by atoms with Crippen LogP contribution in [0, 0.1) is 12.7 Å². The van der Waals surface area contributed by atoms with Crippen molar-refractivity contribution >= 4 is 15.9 Å².